The first-order chi connectivity index (χ1) is 16.5. The number of amides is 1. The molecule has 0 atom stereocenters. The van der Waals surface area contributed by atoms with Gasteiger partial charge in [-0.25, -0.2) is 14.6 Å². The number of carbonyl (C=O) groups excluding carboxylic acids is 1. The number of hydrogen-bond donors (Lipinski definition) is 0. The van der Waals surface area contributed by atoms with Gasteiger partial charge in [0.15, 0.2) is 0 Å². The third-order valence-electron chi connectivity index (χ3n) is 6.77. The number of anilines is 2. The minimum absolute atomic E-state index is 0.0383. The Hall–Kier alpha value is -3.46. The number of nitrogens with zero attached hydrogens (tertiary/aromatic N) is 8. The number of rotatable bonds is 4. The number of para-hydroxylation sites is 1. The smallest absolute Gasteiger partial charge is 0.257 e. The second-order valence-electron chi connectivity index (χ2n) is 9.09. The Morgan fingerprint density at radius 2 is 1.41 bits per heavy atom. The number of aryl methyl sites for hydroxylation is 1. The van der Waals surface area contributed by atoms with Crippen LogP contribution in [-0.4, -0.2) is 94.9 Å². The maximum atomic E-state index is 13.3. The molecule has 4 heterocycles. The zero-order chi connectivity index (χ0) is 23.7. The van der Waals surface area contributed by atoms with Crippen molar-refractivity contribution in [2.24, 2.45) is 0 Å². The minimum atomic E-state index is 0.0383. The molecular weight excluding hydrogens is 428 g/mol. The van der Waals surface area contributed by atoms with Crippen molar-refractivity contribution in [1.29, 1.82) is 0 Å². The molecule has 34 heavy (non-hydrogen) atoms. The van der Waals surface area contributed by atoms with Gasteiger partial charge in [0.1, 0.15) is 17.5 Å². The maximum Gasteiger partial charge on any atom is 0.257 e. The monoisotopic (exact) mass is 460 g/mol. The summed E-state index contributed by atoms with van der Waals surface area (Å²) in [5.41, 5.74) is 2.48. The molecule has 0 radical (unpaired) electrons. The fourth-order valence-corrected chi connectivity index (χ4v) is 4.65. The molecule has 3 aromatic rings. The van der Waals surface area contributed by atoms with Crippen LogP contribution in [0.2, 0.25) is 0 Å². The van der Waals surface area contributed by atoms with Crippen LogP contribution in [0.15, 0.2) is 42.6 Å². The van der Waals surface area contributed by atoms with Crippen LogP contribution in [0.1, 0.15) is 21.9 Å². The molecule has 2 fully saturated rings. The van der Waals surface area contributed by atoms with Gasteiger partial charge in [-0.3, -0.25) is 4.79 Å². The van der Waals surface area contributed by atoms with E-state index in [-0.39, 0.29) is 5.91 Å². The minimum Gasteiger partial charge on any atom is -0.354 e. The van der Waals surface area contributed by atoms with Crippen LogP contribution in [0.25, 0.3) is 5.69 Å². The molecule has 0 aliphatic carbocycles. The van der Waals surface area contributed by atoms with Gasteiger partial charge in [-0.05, 0) is 33.0 Å². The SMILES string of the molecule is Cc1nc(N2CCN(C)CC2)cc(N2CCN(C(=O)c3cnn(-c4ccccc4)c3C)CC2)n1. The quantitative estimate of drug-likeness (QED) is 0.590. The largest absolute Gasteiger partial charge is 0.354 e. The van der Waals surface area contributed by atoms with Gasteiger partial charge in [0, 0.05) is 58.4 Å². The van der Waals surface area contributed by atoms with Crippen molar-refractivity contribution in [3.63, 3.8) is 0 Å². The van der Waals surface area contributed by atoms with Crippen LogP contribution < -0.4 is 9.80 Å². The third-order valence-corrected chi connectivity index (χ3v) is 6.77. The van der Waals surface area contributed by atoms with Crippen LogP contribution in [0, 0.1) is 13.8 Å². The molecule has 5 rings (SSSR count). The zero-order valence-corrected chi connectivity index (χ0v) is 20.2. The molecule has 0 saturated carbocycles. The summed E-state index contributed by atoms with van der Waals surface area (Å²) < 4.78 is 1.83. The first-order valence-corrected chi connectivity index (χ1v) is 11.9. The van der Waals surface area contributed by atoms with Gasteiger partial charge >= 0.3 is 0 Å². The molecule has 0 bridgehead atoms. The summed E-state index contributed by atoms with van der Waals surface area (Å²) in [6.45, 7) is 10.7. The van der Waals surface area contributed by atoms with Gasteiger partial charge in [-0.1, -0.05) is 18.2 Å². The number of likely N-dealkylation sites (N-methyl/N-ethyl adjacent to an activating group) is 1. The zero-order valence-electron chi connectivity index (χ0n) is 20.2. The van der Waals surface area contributed by atoms with Gasteiger partial charge in [0.2, 0.25) is 0 Å². The molecule has 2 aliphatic heterocycles. The van der Waals surface area contributed by atoms with Gasteiger partial charge in [-0.15, -0.1) is 0 Å². The molecule has 2 saturated heterocycles. The second-order valence-corrected chi connectivity index (χ2v) is 9.09. The van der Waals surface area contributed by atoms with E-state index in [2.05, 4.69) is 32.9 Å². The van der Waals surface area contributed by atoms with E-state index in [1.54, 1.807) is 6.20 Å². The number of aromatic nitrogens is 4. The second kappa shape index (κ2) is 9.42. The van der Waals surface area contributed by atoms with Crippen molar-refractivity contribution in [2.45, 2.75) is 13.8 Å². The van der Waals surface area contributed by atoms with E-state index in [4.69, 9.17) is 9.97 Å². The third kappa shape index (κ3) is 4.48. The first-order valence-electron chi connectivity index (χ1n) is 11.9. The molecule has 2 aliphatic rings. The Kier molecular flexibility index (Phi) is 6.19. The highest BCUT2D eigenvalue weighted by Gasteiger charge is 2.26. The fourth-order valence-electron chi connectivity index (χ4n) is 4.65. The molecule has 178 valence electrons. The fraction of sp³-hybridized carbons (Fsp3) is 0.440. The topological polar surface area (TPSA) is 73.6 Å². The summed E-state index contributed by atoms with van der Waals surface area (Å²) >= 11 is 0. The van der Waals surface area contributed by atoms with Crippen LogP contribution >= 0.6 is 0 Å². The van der Waals surface area contributed by atoms with Gasteiger partial charge in [0.05, 0.1) is 23.1 Å². The van der Waals surface area contributed by atoms with Crippen molar-refractivity contribution in [2.75, 3.05) is 69.2 Å². The lowest BCUT2D eigenvalue weighted by Crippen LogP contribution is -2.49. The molecule has 0 N–H and O–H groups in total. The van der Waals surface area contributed by atoms with Crippen molar-refractivity contribution >= 4 is 17.5 Å². The summed E-state index contributed by atoms with van der Waals surface area (Å²) in [7, 11) is 2.16. The lowest BCUT2D eigenvalue weighted by molar-refractivity contribution is 0.0745. The van der Waals surface area contributed by atoms with E-state index < -0.39 is 0 Å². The van der Waals surface area contributed by atoms with Gasteiger partial charge in [0.25, 0.3) is 5.91 Å². The predicted octanol–water partition coefficient (Wildman–Crippen LogP) is 1.99. The van der Waals surface area contributed by atoms with E-state index in [1.807, 2.05) is 53.8 Å². The number of carbonyl (C=O) groups is 1. The van der Waals surface area contributed by atoms with E-state index in [1.165, 1.54) is 0 Å². The van der Waals surface area contributed by atoms with Crippen LogP contribution in [0.4, 0.5) is 11.6 Å². The Bertz CT molecular complexity index is 1140. The summed E-state index contributed by atoms with van der Waals surface area (Å²) in [6.07, 6.45) is 1.69. The first kappa shape index (κ1) is 22.3. The highest BCUT2D eigenvalue weighted by atomic mass is 16.2. The Labute approximate surface area is 200 Å². The van der Waals surface area contributed by atoms with Crippen molar-refractivity contribution in [3.8, 4) is 5.69 Å². The molecule has 1 aromatic carbocycles. The lowest BCUT2D eigenvalue weighted by atomic mass is 10.2. The Balaban J connectivity index is 1.26. The van der Waals surface area contributed by atoms with Gasteiger partial charge < -0.3 is 19.6 Å². The molecule has 0 spiro atoms. The number of benzene rings is 1. The highest BCUT2D eigenvalue weighted by Crippen LogP contribution is 2.23. The molecule has 1 amide bonds. The molecule has 9 nitrogen and oxygen atoms in total. The van der Waals surface area contributed by atoms with Crippen molar-refractivity contribution < 1.29 is 4.79 Å². The number of hydrogen-bond acceptors (Lipinski definition) is 7. The molecule has 0 unspecified atom stereocenters. The van der Waals surface area contributed by atoms with E-state index in [9.17, 15) is 4.79 Å². The molecule has 2 aromatic heterocycles. The van der Waals surface area contributed by atoms with E-state index in [0.717, 1.165) is 68.1 Å². The van der Waals surface area contributed by atoms with Gasteiger partial charge in [-0.2, -0.15) is 5.10 Å². The summed E-state index contributed by atoms with van der Waals surface area (Å²) in [5, 5.41) is 4.47. The van der Waals surface area contributed by atoms with Crippen LogP contribution in [0.3, 0.4) is 0 Å². The van der Waals surface area contributed by atoms with Crippen molar-refractivity contribution in [1.82, 2.24) is 29.5 Å². The Morgan fingerprint density at radius 1 is 0.824 bits per heavy atom. The summed E-state index contributed by atoms with van der Waals surface area (Å²) in [5.74, 6) is 2.77. The van der Waals surface area contributed by atoms with Crippen LogP contribution in [-0.2, 0) is 0 Å². The predicted molar refractivity (Wildman–Crippen MR) is 133 cm³/mol. The van der Waals surface area contributed by atoms with Crippen molar-refractivity contribution in [3.05, 3.63) is 59.7 Å². The summed E-state index contributed by atoms with van der Waals surface area (Å²) in [4.78, 5) is 31.5. The van der Waals surface area contributed by atoms with E-state index >= 15 is 0 Å². The molecule has 9 heteroatoms. The lowest BCUT2D eigenvalue weighted by Gasteiger charge is -2.36. The normalized spacial score (nSPS) is 17.3. The van der Waals surface area contributed by atoms with E-state index in [0.29, 0.717) is 18.7 Å². The highest BCUT2D eigenvalue weighted by molar-refractivity contribution is 5.95. The average Bonchev–Trinajstić information content (AvgIpc) is 3.25. The Morgan fingerprint density at radius 3 is 2.03 bits per heavy atom. The van der Waals surface area contributed by atoms with Crippen LogP contribution in [0.5, 0.6) is 0 Å². The standard InChI is InChI=1S/C25H32N8O/c1-19-22(18-26-33(19)21-7-5-4-6-8-21)25(34)32-15-13-31(14-16-32)24-17-23(27-20(2)28-24)30-11-9-29(3)10-12-30/h4-8,17-18H,9-16H2,1-3H3. The maximum absolute atomic E-state index is 13.3. The molecular formula is C25H32N8O. The number of piperazine rings is 2. The summed E-state index contributed by atoms with van der Waals surface area (Å²) in [6, 6.07) is 12.0. The average molecular weight is 461 g/mol.